The van der Waals surface area contributed by atoms with Gasteiger partial charge in [0.25, 0.3) is 0 Å². The van der Waals surface area contributed by atoms with Crippen LogP contribution in [0.15, 0.2) is 10.5 Å². The van der Waals surface area contributed by atoms with Crippen molar-refractivity contribution in [2.45, 2.75) is 39.7 Å². The monoisotopic (exact) mass is 296 g/mol. The van der Waals surface area contributed by atoms with Crippen LogP contribution in [0.1, 0.15) is 48.1 Å². The van der Waals surface area contributed by atoms with E-state index >= 15 is 0 Å². The first-order valence-electron chi connectivity index (χ1n) is 6.80. The lowest BCUT2D eigenvalue weighted by atomic mass is 10.2. The predicted molar refractivity (Wildman–Crippen MR) is 74.8 cm³/mol. The highest BCUT2D eigenvalue weighted by atomic mass is 16.4. The molecule has 0 saturated heterocycles. The Balaban J connectivity index is 2.31. The fraction of sp³-hybridized carbons (Fsp3) is 0.500. The van der Waals surface area contributed by atoms with Gasteiger partial charge in [0.2, 0.25) is 11.8 Å². The van der Waals surface area contributed by atoms with Gasteiger partial charge in [-0.2, -0.15) is 0 Å². The Kier molecular flexibility index (Phi) is 6.45. The summed E-state index contributed by atoms with van der Waals surface area (Å²) in [5, 5.41) is 14.2. The van der Waals surface area contributed by atoms with Crippen LogP contribution < -0.4 is 10.6 Å². The number of rotatable bonds is 8. The maximum atomic E-state index is 11.6. The summed E-state index contributed by atoms with van der Waals surface area (Å²) in [7, 11) is 0. The molecule has 116 valence electrons. The van der Waals surface area contributed by atoms with E-state index in [0.717, 1.165) is 0 Å². The number of aryl methyl sites for hydroxylation is 1. The van der Waals surface area contributed by atoms with Gasteiger partial charge in [-0.1, -0.05) is 0 Å². The molecule has 1 aromatic heterocycles. The fourth-order valence-electron chi connectivity index (χ4n) is 1.81. The van der Waals surface area contributed by atoms with Gasteiger partial charge in [-0.05, 0) is 26.3 Å². The largest absolute Gasteiger partial charge is 0.478 e. The normalized spacial score (nSPS) is 10.2. The van der Waals surface area contributed by atoms with Gasteiger partial charge in [-0.3, -0.25) is 9.59 Å². The van der Waals surface area contributed by atoms with Crippen LogP contribution >= 0.6 is 0 Å². The van der Waals surface area contributed by atoms with Gasteiger partial charge in [0.1, 0.15) is 17.1 Å². The molecule has 7 heteroatoms. The van der Waals surface area contributed by atoms with Crippen molar-refractivity contribution in [1.82, 2.24) is 10.6 Å². The zero-order valence-corrected chi connectivity index (χ0v) is 12.2. The van der Waals surface area contributed by atoms with Crippen LogP contribution in [0.3, 0.4) is 0 Å². The average molecular weight is 296 g/mol. The van der Waals surface area contributed by atoms with Crippen LogP contribution in [-0.2, 0) is 16.1 Å². The summed E-state index contributed by atoms with van der Waals surface area (Å²) in [5.41, 5.74) is 0.0930. The first-order chi connectivity index (χ1) is 9.93. The van der Waals surface area contributed by atoms with Gasteiger partial charge < -0.3 is 20.2 Å². The first kappa shape index (κ1) is 16.7. The second-order valence-corrected chi connectivity index (χ2v) is 4.57. The maximum Gasteiger partial charge on any atom is 0.339 e. The van der Waals surface area contributed by atoms with E-state index in [9.17, 15) is 14.4 Å². The molecular formula is C14H20N2O5. The van der Waals surface area contributed by atoms with E-state index in [1.54, 1.807) is 6.92 Å². The Hall–Kier alpha value is -2.31. The molecule has 3 N–H and O–H groups in total. The molecule has 0 radical (unpaired) electrons. The molecule has 0 saturated carbocycles. The highest BCUT2D eigenvalue weighted by molar-refractivity contribution is 5.88. The summed E-state index contributed by atoms with van der Waals surface area (Å²) >= 11 is 0. The third kappa shape index (κ3) is 5.68. The quantitative estimate of drug-likeness (QED) is 0.668. The predicted octanol–water partition coefficient (Wildman–Crippen LogP) is 1.21. The molecular weight excluding hydrogens is 276 g/mol. The zero-order chi connectivity index (χ0) is 15.8. The van der Waals surface area contributed by atoms with Crippen molar-refractivity contribution in [2.24, 2.45) is 0 Å². The maximum absolute atomic E-state index is 11.6. The SMILES string of the molecule is CCNC(=O)CCCC(=O)NCc1cc(C(=O)O)c(C)o1. The Bertz CT molecular complexity index is 521. The highest BCUT2D eigenvalue weighted by Gasteiger charge is 2.14. The number of furan rings is 1. The smallest absolute Gasteiger partial charge is 0.339 e. The van der Waals surface area contributed by atoms with Crippen molar-refractivity contribution in [2.75, 3.05) is 6.54 Å². The highest BCUT2D eigenvalue weighted by Crippen LogP contribution is 2.14. The number of carbonyl (C=O) groups is 3. The van der Waals surface area contributed by atoms with Gasteiger partial charge in [0.15, 0.2) is 0 Å². The molecule has 7 nitrogen and oxygen atoms in total. The van der Waals surface area contributed by atoms with E-state index in [4.69, 9.17) is 9.52 Å². The molecule has 0 spiro atoms. The minimum atomic E-state index is -1.06. The summed E-state index contributed by atoms with van der Waals surface area (Å²) in [5.74, 6) is -0.635. The van der Waals surface area contributed by atoms with Crippen molar-refractivity contribution in [3.8, 4) is 0 Å². The van der Waals surface area contributed by atoms with Gasteiger partial charge >= 0.3 is 5.97 Å². The first-order valence-corrected chi connectivity index (χ1v) is 6.80. The van der Waals surface area contributed by atoms with E-state index in [1.807, 2.05) is 6.92 Å². The van der Waals surface area contributed by atoms with Crippen molar-refractivity contribution >= 4 is 17.8 Å². The third-order valence-corrected chi connectivity index (χ3v) is 2.84. The van der Waals surface area contributed by atoms with Gasteiger partial charge in [0.05, 0.1) is 6.54 Å². The Labute approximate surface area is 122 Å². The number of hydrogen-bond acceptors (Lipinski definition) is 4. The van der Waals surface area contributed by atoms with Crippen LogP contribution in [0.5, 0.6) is 0 Å². The standard InChI is InChI=1S/C14H20N2O5/c1-3-15-12(17)5-4-6-13(18)16-8-10-7-11(14(19)20)9(2)21-10/h7H,3-6,8H2,1-2H3,(H,15,17)(H,16,18)(H,19,20). The van der Waals surface area contributed by atoms with Crippen LogP contribution in [-0.4, -0.2) is 29.4 Å². The summed E-state index contributed by atoms with van der Waals surface area (Å²) in [6.45, 7) is 4.10. The number of carboxylic acids is 1. The number of nitrogens with one attached hydrogen (secondary N) is 2. The van der Waals surface area contributed by atoms with Crippen molar-refractivity contribution in [3.05, 3.63) is 23.2 Å². The fourth-order valence-corrected chi connectivity index (χ4v) is 1.81. The van der Waals surface area contributed by atoms with E-state index < -0.39 is 5.97 Å². The van der Waals surface area contributed by atoms with Gasteiger partial charge in [-0.15, -0.1) is 0 Å². The van der Waals surface area contributed by atoms with Crippen molar-refractivity contribution in [1.29, 1.82) is 0 Å². The van der Waals surface area contributed by atoms with E-state index in [0.29, 0.717) is 30.9 Å². The second kappa shape index (κ2) is 8.08. The minimum Gasteiger partial charge on any atom is -0.478 e. The van der Waals surface area contributed by atoms with Crippen molar-refractivity contribution < 1.29 is 23.9 Å². The Morgan fingerprint density at radius 1 is 1.19 bits per heavy atom. The molecule has 2 amide bonds. The summed E-state index contributed by atoms with van der Waals surface area (Å²) < 4.78 is 5.24. The lowest BCUT2D eigenvalue weighted by molar-refractivity contribution is -0.122. The molecule has 0 aliphatic rings. The second-order valence-electron chi connectivity index (χ2n) is 4.57. The third-order valence-electron chi connectivity index (χ3n) is 2.84. The number of carbonyl (C=O) groups excluding carboxylic acids is 2. The number of carboxylic acid groups (broad SMARTS) is 1. The molecule has 21 heavy (non-hydrogen) atoms. The van der Waals surface area contributed by atoms with E-state index in [-0.39, 0.29) is 30.3 Å². The minimum absolute atomic E-state index is 0.0712. The molecule has 1 rings (SSSR count). The molecule has 1 heterocycles. The number of amides is 2. The molecule has 0 bridgehead atoms. The molecule has 0 fully saturated rings. The molecule has 0 atom stereocenters. The zero-order valence-electron chi connectivity index (χ0n) is 12.2. The number of hydrogen-bond donors (Lipinski definition) is 3. The van der Waals surface area contributed by atoms with Crippen LogP contribution in [0, 0.1) is 6.92 Å². The van der Waals surface area contributed by atoms with Crippen molar-refractivity contribution in [3.63, 3.8) is 0 Å². The topological polar surface area (TPSA) is 109 Å². The van der Waals surface area contributed by atoms with Crippen LogP contribution in [0.2, 0.25) is 0 Å². The Morgan fingerprint density at radius 2 is 1.81 bits per heavy atom. The van der Waals surface area contributed by atoms with Crippen LogP contribution in [0.25, 0.3) is 0 Å². The Morgan fingerprint density at radius 3 is 2.33 bits per heavy atom. The molecule has 1 aromatic rings. The van der Waals surface area contributed by atoms with Gasteiger partial charge in [0, 0.05) is 19.4 Å². The summed E-state index contributed by atoms with van der Waals surface area (Å²) in [6, 6.07) is 1.40. The lowest BCUT2D eigenvalue weighted by Gasteiger charge is -2.03. The lowest BCUT2D eigenvalue weighted by Crippen LogP contribution is -2.25. The van der Waals surface area contributed by atoms with Crippen LogP contribution in [0.4, 0.5) is 0 Å². The summed E-state index contributed by atoms with van der Waals surface area (Å²) in [6.07, 6.45) is 1.02. The van der Waals surface area contributed by atoms with Gasteiger partial charge in [-0.25, -0.2) is 4.79 Å². The van der Waals surface area contributed by atoms with E-state index in [1.165, 1.54) is 6.07 Å². The average Bonchev–Trinajstić information content (AvgIpc) is 2.78. The molecule has 0 unspecified atom stereocenters. The molecule has 0 aromatic carbocycles. The van der Waals surface area contributed by atoms with E-state index in [2.05, 4.69) is 10.6 Å². The molecule has 0 aliphatic heterocycles. The summed E-state index contributed by atoms with van der Waals surface area (Å²) in [4.78, 5) is 33.6. The number of aromatic carboxylic acids is 1. The molecule has 0 aliphatic carbocycles.